The van der Waals surface area contributed by atoms with Crippen molar-refractivity contribution in [3.63, 3.8) is 0 Å². The monoisotopic (exact) mass is 233 g/mol. The van der Waals surface area contributed by atoms with Gasteiger partial charge in [-0.3, -0.25) is 0 Å². The second-order valence-electron chi connectivity index (χ2n) is 3.92. The summed E-state index contributed by atoms with van der Waals surface area (Å²) < 4.78 is 0. The Bertz CT molecular complexity index is 496. The van der Waals surface area contributed by atoms with Gasteiger partial charge in [0, 0.05) is 22.1 Å². The average molecular weight is 233 g/mol. The number of fused-ring (bicyclic) bond motifs is 1. The minimum atomic E-state index is 0.178. The van der Waals surface area contributed by atoms with Crippen LogP contribution in [0.5, 0.6) is 5.75 Å². The zero-order chi connectivity index (χ0) is 11.5. The molecule has 0 heterocycles. The summed E-state index contributed by atoms with van der Waals surface area (Å²) in [4.78, 5) is 1.17. The first kappa shape index (κ1) is 11.3. The third-order valence-corrected chi connectivity index (χ3v) is 3.72. The van der Waals surface area contributed by atoms with Gasteiger partial charge in [0.2, 0.25) is 0 Å². The lowest BCUT2D eigenvalue weighted by Crippen LogP contribution is -2.17. The van der Waals surface area contributed by atoms with E-state index < -0.39 is 0 Å². The maximum absolute atomic E-state index is 9.74. The van der Waals surface area contributed by atoms with Gasteiger partial charge in [0.25, 0.3) is 0 Å². The normalized spacial score (nSPS) is 12.9. The number of hydrogen-bond acceptors (Lipinski definition) is 3. The van der Waals surface area contributed by atoms with E-state index >= 15 is 0 Å². The first-order chi connectivity index (χ1) is 7.68. The van der Waals surface area contributed by atoms with E-state index in [-0.39, 0.29) is 6.04 Å². The van der Waals surface area contributed by atoms with E-state index in [1.807, 2.05) is 37.3 Å². The lowest BCUT2D eigenvalue weighted by molar-refractivity contribution is 0.481. The summed E-state index contributed by atoms with van der Waals surface area (Å²) in [6.45, 7) is 2.00. The molecule has 16 heavy (non-hydrogen) atoms. The van der Waals surface area contributed by atoms with Crippen molar-refractivity contribution >= 4 is 22.5 Å². The van der Waals surface area contributed by atoms with E-state index in [2.05, 4.69) is 0 Å². The van der Waals surface area contributed by atoms with Gasteiger partial charge in [-0.05, 0) is 24.4 Å². The molecule has 0 radical (unpaired) electrons. The topological polar surface area (TPSA) is 46.2 Å². The van der Waals surface area contributed by atoms with Gasteiger partial charge < -0.3 is 10.8 Å². The second-order valence-corrected chi connectivity index (χ2v) is 4.98. The molecular weight excluding hydrogens is 218 g/mol. The third kappa shape index (κ3) is 2.31. The Morgan fingerprint density at radius 3 is 2.56 bits per heavy atom. The highest BCUT2D eigenvalue weighted by Crippen LogP contribution is 2.33. The van der Waals surface area contributed by atoms with Crippen LogP contribution in [0.25, 0.3) is 10.8 Å². The summed E-state index contributed by atoms with van der Waals surface area (Å²) in [6.07, 6.45) is 0. The number of nitrogens with two attached hydrogens (primary N) is 1. The van der Waals surface area contributed by atoms with Crippen molar-refractivity contribution in [1.29, 1.82) is 0 Å². The Kier molecular flexibility index (Phi) is 3.36. The van der Waals surface area contributed by atoms with Crippen LogP contribution in [0.15, 0.2) is 41.3 Å². The van der Waals surface area contributed by atoms with E-state index in [0.717, 1.165) is 16.5 Å². The Hall–Kier alpha value is -1.19. The smallest absolute Gasteiger partial charge is 0.123 e. The van der Waals surface area contributed by atoms with Gasteiger partial charge in [0.05, 0.1) is 0 Å². The molecule has 2 nitrogen and oxygen atoms in total. The van der Waals surface area contributed by atoms with Crippen LogP contribution < -0.4 is 5.73 Å². The molecule has 2 aromatic rings. The van der Waals surface area contributed by atoms with Crippen molar-refractivity contribution in [2.24, 2.45) is 5.73 Å². The molecule has 1 atom stereocenters. The Balaban J connectivity index is 2.42. The summed E-state index contributed by atoms with van der Waals surface area (Å²) in [6, 6.07) is 11.7. The van der Waals surface area contributed by atoms with Crippen molar-refractivity contribution in [2.45, 2.75) is 17.9 Å². The number of benzene rings is 2. The van der Waals surface area contributed by atoms with Gasteiger partial charge >= 0.3 is 0 Å². The molecule has 84 valence electrons. The molecule has 0 amide bonds. The van der Waals surface area contributed by atoms with Crippen molar-refractivity contribution in [2.75, 3.05) is 5.75 Å². The largest absolute Gasteiger partial charge is 0.507 e. The maximum atomic E-state index is 9.74. The first-order valence-electron chi connectivity index (χ1n) is 5.27. The Morgan fingerprint density at radius 2 is 1.88 bits per heavy atom. The number of phenols is 1. The number of hydrogen-bond donors (Lipinski definition) is 2. The molecule has 0 fully saturated rings. The van der Waals surface area contributed by atoms with Gasteiger partial charge in [-0.25, -0.2) is 0 Å². The molecule has 0 aliphatic rings. The van der Waals surface area contributed by atoms with Crippen molar-refractivity contribution in [3.8, 4) is 5.75 Å². The molecule has 0 saturated carbocycles. The third-order valence-electron chi connectivity index (χ3n) is 2.36. The van der Waals surface area contributed by atoms with E-state index in [4.69, 9.17) is 5.73 Å². The summed E-state index contributed by atoms with van der Waals surface area (Å²) >= 11 is 1.73. The van der Waals surface area contributed by atoms with Gasteiger partial charge in [-0.1, -0.05) is 24.3 Å². The highest BCUT2D eigenvalue weighted by molar-refractivity contribution is 7.99. The number of phenolic OH excluding ortho intramolecular Hbond substituents is 1. The van der Waals surface area contributed by atoms with Gasteiger partial charge in [0.15, 0.2) is 0 Å². The van der Waals surface area contributed by atoms with Crippen LogP contribution in [0.1, 0.15) is 6.92 Å². The molecule has 1 unspecified atom stereocenters. The first-order valence-corrected chi connectivity index (χ1v) is 6.26. The van der Waals surface area contributed by atoms with Crippen molar-refractivity contribution in [1.82, 2.24) is 0 Å². The fourth-order valence-electron chi connectivity index (χ4n) is 1.60. The fraction of sp³-hybridized carbons (Fsp3) is 0.231. The highest BCUT2D eigenvalue weighted by Gasteiger charge is 2.05. The van der Waals surface area contributed by atoms with Crippen LogP contribution >= 0.6 is 11.8 Å². The molecule has 3 heteroatoms. The van der Waals surface area contributed by atoms with E-state index in [0.29, 0.717) is 5.75 Å². The number of rotatable bonds is 3. The summed E-state index contributed by atoms with van der Waals surface area (Å²) in [7, 11) is 0. The predicted octanol–water partition coefficient (Wildman–Crippen LogP) is 2.98. The van der Waals surface area contributed by atoms with Crippen molar-refractivity contribution in [3.05, 3.63) is 36.4 Å². The average Bonchev–Trinajstić information content (AvgIpc) is 2.28. The van der Waals surface area contributed by atoms with Crippen LogP contribution in [0.3, 0.4) is 0 Å². The zero-order valence-electron chi connectivity index (χ0n) is 9.18. The van der Waals surface area contributed by atoms with E-state index in [1.54, 1.807) is 17.8 Å². The lowest BCUT2D eigenvalue weighted by Gasteiger charge is -2.09. The predicted molar refractivity (Wildman–Crippen MR) is 70.0 cm³/mol. The Labute approximate surface area is 99.5 Å². The molecule has 0 bridgehead atoms. The summed E-state index contributed by atoms with van der Waals surface area (Å²) in [5, 5.41) is 11.7. The van der Waals surface area contributed by atoms with Crippen LogP contribution in [-0.4, -0.2) is 16.9 Å². The van der Waals surface area contributed by atoms with E-state index in [9.17, 15) is 5.11 Å². The second kappa shape index (κ2) is 4.76. The summed E-state index contributed by atoms with van der Waals surface area (Å²) in [5.74, 6) is 1.22. The molecule has 0 aliphatic heterocycles. The Morgan fingerprint density at radius 1 is 1.19 bits per heavy atom. The standard InChI is InChI=1S/C13H15NOS/c1-9(14)8-16-13-7-6-12(15)10-4-2-3-5-11(10)13/h2-7,9,15H,8,14H2,1H3. The molecular formula is C13H15NOS. The molecule has 2 aromatic carbocycles. The van der Waals surface area contributed by atoms with Gasteiger partial charge in [-0.15, -0.1) is 11.8 Å². The minimum Gasteiger partial charge on any atom is -0.507 e. The SMILES string of the molecule is CC(N)CSc1ccc(O)c2ccccc12. The fourth-order valence-corrected chi connectivity index (χ4v) is 2.54. The number of thioether (sulfide) groups is 1. The minimum absolute atomic E-state index is 0.178. The molecule has 0 saturated heterocycles. The molecule has 0 aliphatic carbocycles. The van der Waals surface area contributed by atoms with Crippen LogP contribution in [0.2, 0.25) is 0 Å². The highest BCUT2D eigenvalue weighted by atomic mass is 32.2. The molecule has 0 spiro atoms. The van der Waals surface area contributed by atoms with Crippen LogP contribution in [0.4, 0.5) is 0 Å². The summed E-state index contributed by atoms with van der Waals surface area (Å²) in [5.41, 5.74) is 5.74. The van der Waals surface area contributed by atoms with Gasteiger partial charge in [0.1, 0.15) is 5.75 Å². The zero-order valence-corrected chi connectivity index (χ0v) is 10.00. The maximum Gasteiger partial charge on any atom is 0.123 e. The van der Waals surface area contributed by atoms with Crippen molar-refractivity contribution < 1.29 is 5.11 Å². The quantitative estimate of drug-likeness (QED) is 0.801. The van der Waals surface area contributed by atoms with Gasteiger partial charge in [-0.2, -0.15) is 0 Å². The number of aromatic hydroxyl groups is 1. The molecule has 2 rings (SSSR count). The molecule has 0 aromatic heterocycles. The molecule has 3 N–H and O–H groups in total. The van der Waals surface area contributed by atoms with Crippen LogP contribution in [-0.2, 0) is 0 Å². The van der Waals surface area contributed by atoms with E-state index in [1.165, 1.54) is 4.90 Å². The lowest BCUT2D eigenvalue weighted by atomic mass is 10.1. The van der Waals surface area contributed by atoms with Crippen LogP contribution in [0, 0.1) is 0 Å².